The van der Waals surface area contributed by atoms with Gasteiger partial charge >= 0.3 is 0 Å². The number of carbonyl (C=O) groups excluding carboxylic acids is 2. The first-order valence-electron chi connectivity index (χ1n) is 10.3. The molecule has 6 N–H and O–H groups in total. The lowest BCUT2D eigenvalue weighted by Crippen LogP contribution is -2.29. The maximum absolute atomic E-state index is 12.0. The number of anilines is 3. The average molecular weight is 445 g/mol. The van der Waals surface area contributed by atoms with Crippen molar-refractivity contribution in [2.45, 2.75) is 26.4 Å². The number of primary amides is 2. The minimum absolute atomic E-state index is 0.00607. The van der Waals surface area contributed by atoms with Crippen molar-refractivity contribution >= 4 is 40.2 Å². The van der Waals surface area contributed by atoms with Gasteiger partial charge in [-0.2, -0.15) is 10.1 Å². The highest BCUT2D eigenvalue weighted by Crippen LogP contribution is 2.27. The van der Waals surface area contributed by atoms with Crippen molar-refractivity contribution in [3.05, 3.63) is 65.5 Å². The van der Waals surface area contributed by atoms with Crippen molar-refractivity contribution in [2.24, 2.45) is 11.5 Å². The van der Waals surface area contributed by atoms with Crippen LogP contribution in [0.5, 0.6) is 0 Å². The molecule has 0 unspecified atom stereocenters. The van der Waals surface area contributed by atoms with Crippen LogP contribution in [0.2, 0.25) is 0 Å². The second-order valence-corrected chi connectivity index (χ2v) is 7.40. The number of amides is 2. The summed E-state index contributed by atoms with van der Waals surface area (Å²) in [4.78, 5) is 28.3. The van der Waals surface area contributed by atoms with Gasteiger partial charge < -0.3 is 22.1 Å². The number of nitrogens with zero attached hydrogens (tertiary/aromatic N) is 5. The van der Waals surface area contributed by atoms with Gasteiger partial charge in [0.2, 0.25) is 11.9 Å². The highest BCUT2D eigenvalue weighted by molar-refractivity contribution is 5.96. The largest absolute Gasteiger partial charge is 0.368 e. The molecule has 1 atom stereocenters. The van der Waals surface area contributed by atoms with E-state index < -0.39 is 17.9 Å². The minimum Gasteiger partial charge on any atom is -0.368 e. The molecule has 2 aromatic heterocycles. The van der Waals surface area contributed by atoms with E-state index in [0.29, 0.717) is 17.8 Å². The zero-order chi connectivity index (χ0) is 23.5. The van der Waals surface area contributed by atoms with E-state index in [2.05, 4.69) is 30.9 Å². The van der Waals surface area contributed by atoms with Crippen LogP contribution in [0.25, 0.3) is 10.9 Å². The van der Waals surface area contributed by atoms with Crippen molar-refractivity contribution in [2.75, 3.05) is 10.6 Å². The maximum atomic E-state index is 12.0. The quantitative estimate of drug-likeness (QED) is 0.319. The van der Waals surface area contributed by atoms with Crippen LogP contribution in [0, 0.1) is 6.92 Å². The Hall–Kier alpha value is -4.54. The third-order valence-electron chi connectivity index (χ3n) is 5.14. The van der Waals surface area contributed by atoms with E-state index in [1.54, 1.807) is 24.3 Å². The molecular formula is C22H23N9O2. The Bertz CT molecular complexity index is 1330. The van der Waals surface area contributed by atoms with Gasteiger partial charge in [-0.15, -0.1) is 10.2 Å². The molecule has 11 nitrogen and oxygen atoms in total. The van der Waals surface area contributed by atoms with E-state index >= 15 is 0 Å². The second kappa shape index (κ2) is 8.91. The van der Waals surface area contributed by atoms with Gasteiger partial charge in [-0.05, 0) is 37.1 Å². The van der Waals surface area contributed by atoms with Crippen molar-refractivity contribution < 1.29 is 9.59 Å². The fourth-order valence-corrected chi connectivity index (χ4v) is 3.55. The average Bonchev–Trinajstić information content (AvgIpc) is 3.21. The summed E-state index contributed by atoms with van der Waals surface area (Å²) in [6, 6.07) is 11.8. The molecule has 0 radical (unpaired) electrons. The van der Waals surface area contributed by atoms with Crippen LogP contribution >= 0.6 is 0 Å². The summed E-state index contributed by atoms with van der Waals surface area (Å²) in [5, 5.41) is 19.2. The number of aromatic nitrogens is 5. The predicted octanol–water partition coefficient (Wildman–Crippen LogP) is 2.03. The molecule has 2 heterocycles. The Kier molecular flexibility index (Phi) is 5.85. The monoisotopic (exact) mass is 445 g/mol. The smallest absolute Gasteiger partial charge is 0.273 e. The third-order valence-corrected chi connectivity index (χ3v) is 5.14. The SMILES string of the molecule is CCn1ncc2c(C)cc(Nc3nc(N[C@@H](C(N)=O)c4ccccc4)nnc3C(N)=O)cc21. The molecule has 0 aliphatic rings. The molecule has 4 aromatic rings. The third kappa shape index (κ3) is 4.42. The van der Waals surface area contributed by atoms with Crippen molar-refractivity contribution in [3.8, 4) is 0 Å². The Labute approximate surface area is 189 Å². The van der Waals surface area contributed by atoms with Gasteiger partial charge in [-0.25, -0.2) is 0 Å². The van der Waals surface area contributed by atoms with Crippen molar-refractivity contribution in [1.29, 1.82) is 0 Å². The first kappa shape index (κ1) is 21.7. The first-order valence-corrected chi connectivity index (χ1v) is 10.3. The fourth-order valence-electron chi connectivity index (χ4n) is 3.55. The van der Waals surface area contributed by atoms with Crippen molar-refractivity contribution in [1.82, 2.24) is 25.0 Å². The van der Waals surface area contributed by atoms with Gasteiger partial charge in [0.15, 0.2) is 11.5 Å². The van der Waals surface area contributed by atoms with Crippen LogP contribution in [-0.2, 0) is 11.3 Å². The zero-order valence-corrected chi connectivity index (χ0v) is 18.1. The van der Waals surface area contributed by atoms with E-state index in [-0.39, 0.29) is 17.5 Å². The standard InChI is InChI=1S/C22H23N9O2/c1-3-31-16-10-14(9-12(2)15(16)11-25-31)26-21-18(20(24)33)29-30-22(28-21)27-17(19(23)32)13-7-5-4-6-8-13/h4-11,17H,3H2,1-2H3,(H2,23,32)(H2,24,33)(H2,26,27,28,30)/t17-/m1/s1. The normalized spacial score (nSPS) is 11.8. The van der Waals surface area contributed by atoms with Gasteiger partial charge in [-0.1, -0.05) is 30.3 Å². The number of fused-ring (bicyclic) bond motifs is 1. The molecule has 33 heavy (non-hydrogen) atoms. The van der Waals surface area contributed by atoms with Crippen LogP contribution in [-0.4, -0.2) is 36.8 Å². The summed E-state index contributed by atoms with van der Waals surface area (Å²) >= 11 is 0. The van der Waals surface area contributed by atoms with Crippen LogP contribution in [0.3, 0.4) is 0 Å². The maximum Gasteiger partial charge on any atom is 0.273 e. The number of nitrogens with one attached hydrogen (secondary N) is 2. The van der Waals surface area contributed by atoms with Gasteiger partial charge in [0, 0.05) is 17.6 Å². The number of nitrogens with two attached hydrogens (primary N) is 2. The van der Waals surface area contributed by atoms with E-state index in [1.165, 1.54) is 0 Å². The summed E-state index contributed by atoms with van der Waals surface area (Å²) in [6.45, 7) is 4.67. The summed E-state index contributed by atoms with van der Waals surface area (Å²) in [7, 11) is 0. The Balaban J connectivity index is 1.71. The molecule has 0 aliphatic heterocycles. The molecule has 2 amide bonds. The molecule has 0 fully saturated rings. The molecule has 0 saturated carbocycles. The topological polar surface area (TPSA) is 167 Å². The molecule has 4 rings (SSSR count). The van der Waals surface area contributed by atoms with E-state index in [1.807, 2.05) is 42.9 Å². The van der Waals surface area contributed by atoms with Gasteiger partial charge in [0.1, 0.15) is 6.04 Å². The number of rotatable bonds is 8. The van der Waals surface area contributed by atoms with Crippen molar-refractivity contribution in [3.63, 3.8) is 0 Å². The lowest BCUT2D eigenvalue weighted by Gasteiger charge is -2.16. The number of hydrogen-bond acceptors (Lipinski definition) is 8. The molecule has 2 aromatic carbocycles. The number of aryl methyl sites for hydroxylation is 2. The highest BCUT2D eigenvalue weighted by Gasteiger charge is 2.21. The summed E-state index contributed by atoms with van der Waals surface area (Å²) < 4.78 is 1.87. The predicted molar refractivity (Wildman–Crippen MR) is 124 cm³/mol. The van der Waals surface area contributed by atoms with Crippen LogP contribution < -0.4 is 22.1 Å². The molecule has 0 saturated heterocycles. The molecular weight excluding hydrogens is 422 g/mol. The second-order valence-electron chi connectivity index (χ2n) is 7.40. The minimum atomic E-state index is -0.891. The van der Waals surface area contributed by atoms with Gasteiger partial charge in [0.25, 0.3) is 5.91 Å². The van der Waals surface area contributed by atoms with Crippen LogP contribution in [0.1, 0.15) is 34.6 Å². The lowest BCUT2D eigenvalue weighted by molar-refractivity contribution is -0.118. The van der Waals surface area contributed by atoms with E-state index in [4.69, 9.17) is 11.5 Å². The summed E-state index contributed by atoms with van der Waals surface area (Å²) in [5.41, 5.74) is 14.1. The summed E-state index contributed by atoms with van der Waals surface area (Å²) in [5.74, 6) is -1.31. The van der Waals surface area contributed by atoms with Gasteiger partial charge in [-0.3, -0.25) is 14.3 Å². The van der Waals surface area contributed by atoms with E-state index in [0.717, 1.165) is 16.5 Å². The fraction of sp³-hybridized carbons (Fsp3) is 0.182. The molecule has 0 spiro atoms. The first-order chi connectivity index (χ1) is 15.9. The molecule has 168 valence electrons. The Morgan fingerprint density at radius 3 is 2.55 bits per heavy atom. The Morgan fingerprint density at radius 1 is 1.12 bits per heavy atom. The Morgan fingerprint density at radius 2 is 1.88 bits per heavy atom. The van der Waals surface area contributed by atoms with E-state index in [9.17, 15) is 9.59 Å². The number of carbonyl (C=O) groups is 2. The number of benzene rings is 2. The highest BCUT2D eigenvalue weighted by atomic mass is 16.1. The summed E-state index contributed by atoms with van der Waals surface area (Å²) in [6.07, 6.45) is 1.81. The lowest BCUT2D eigenvalue weighted by atomic mass is 10.1. The molecule has 11 heteroatoms. The molecule has 0 aliphatic carbocycles. The zero-order valence-electron chi connectivity index (χ0n) is 18.1. The van der Waals surface area contributed by atoms with Crippen LogP contribution in [0.4, 0.5) is 17.5 Å². The number of hydrogen-bond donors (Lipinski definition) is 4. The van der Waals surface area contributed by atoms with Crippen LogP contribution in [0.15, 0.2) is 48.7 Å². The molecule has 0 bridgehead atoms. The van der Waals surface area contributed by atoms with Gasteiger partial charge in [0.05, 0.1) is 11.7 Å².